The van der Waals surface area contributed by atoms with E-state index in [2.05, 4.69) is 0 Å². The van der Waals surface area contributed by atoms with Crippen molar-refractivity contribution in [1.29, 1.82) is 0 Å². The second kappa shape index (κ2) is 11.2. The summed E-state index contributed by atoms with van der Waals surface area (Å²) >= 11 is 0.800. The Morgan fingerprint density at radius 1 is 1.07 bits per heavy atom. The molecule has 0 spiro atoms. The molecule has 40 heavy (non-hydrogen) atoms. The number of likely N-dealkylation sites (tertiary alicyclic amines) is 1. The predicted octanol–water partition coefficient (Wildman–Crippen LogP) is 3.72. The number of aliphatic carboxylic acids is 1. The van der Waals surface area contributed by atoms with Crippen LogP contribution in [0, 0.1) is 12.8 Å². The first-order valence-electron chi connectivity index (χ1n) is 12.8. The molecule has 1 fully saturated rings. The SMILES string of the molecule is Cc1c(C(=O)N2CCC(CC(=O)O)CC2)sc2c1c(=O)n(CC(C)(O)c1ccccc1)c(=O)n2CCC(F)(F)F. The number of amides is 1. The van der Waals surface area contributed by atoms with Gasteiger partial charge in [-0.2, -0.15) is 13.2 Å². The number of hydrogen-bond acceptors (Lipinski definition) is 6. The van der Waals surface area contributed by atoms with Gasteiger partial charge in [-0.1, -0.05) is 30.3 Å². The lowest BCUT2D eigenvalue weighted by atomic mass is 9.93. The predicted molar refractivity (Wildman–Crippen MR) is 143 cm³/mol. The van der Waals surface area contributed by atoms with Crippen LogP contribution in [0.4, 0.5) is 13.2 Å². The first kappa shape index (κ1) is 29.5. The van der Waals surface area contributed by atoms with Crippen molar-refractivity contribution in [1.82, 2.24) is 14.0 Å². The van der Waals surface area contributed by atoms with Gasteiger partial charge >= 0.3 is 17.8 Å². The number of aryl methyl sites for hydroxylation is 2. The third-order valence-corrected chi connectivity index (χ3v) is 8.64. The number of carbonyl (C=O) groups excluding carboxylic acids is 1. The van der Waals surface area contributed by atoms with Crippen LogP contribution in [0.15, 0.2) is 39.9 Å². The lowest BCUT2D eigenvalue weighted by molar-refractivity contribution is -0.138. The zero-order valence-corrected chi connectivity index (χ0v) is 22.8. The van der Waals surface area contributed by atoms with Crippen LogP contribution in [0.3, 0.4) is 0 Å². The van der Waals surface area contributed by atoms with Gasteiger partial charge in [0.1, 0.15) is 10.4 Å². The highest BCUT2D eigenvalue weighted by molar-refractivity contribution is 7.20. The van der Waals surface area contributed by atoms with Crippen molar-refractivity contribution in [2.24, 2.45) is 5.92 Å². The number of piperidine rings is 1. The van der Waals surface area contributed by atoms with Crippen molar-refractivity contribution in [3.8, 4) is 0 Å². The number of carbonyl (C=O) groups is 2. The van der Waals surface area contributed by atoms with E-state index in [4.69, 9.17) is 5.11 Å². The van der Waals surface area contributed by atoms with E-state index in [0.29, 0.717) is 31.5 Å². The highest BCUT2D eigenvalue weighted by Gasteiger charge is 2.33. The van der Waals surface area contributed by atoms with E-state index in [-0.39, 0.29) is 33.0 Å². The molecule has 2 N–H and O–H groups in total. The fourth-order valence-corrected chi connectivity index (χ4v) is 6.39. The topological polar surface area (TPSA) is 122 Å². The first-order valence-corrected chi connectivity index (χ1v) is 13.6. The number of benzene rings is 1. The van der Waals surface area contributed by atoms with Crippen LogP contribution in [-0.2, 0) is 23.5 Å². The molecular formula is C27H30F3N3O6S. The average Bonchev–Trinajstić information content (AvgIpc) is 3.23. The molecule has 0 bridgehead atoms. The summed E-state index contributed by atoms with van der Waals surface area (Å²) in [5.41, 5.74) is -2.84. The van der Waals surface area contributed by atoms with Crippen molar-refractivity contribution >= 4 is 33.4 Å². The summed E-state index contributed by atoms with van der Waals surface area (Å²) in [7, 11) is 0. The monoisotopic (exact) mass is 581 g/mol. The minimum Gasteiger partial charge on any atom is -0.481 e. The number of hydrogen-bond donors (Lipinski definition) is 2. The number of carboxylic acid groups (broad SMARTS) is 1. The second-order valence-electron chi connectivity index (χ2n) is 10.4. The molecule has 9 nitrogen and oxygen atoms in total. The zero-order chi connectivity index (χ0) is 29.4. The summed E-state index contributed by atoms with van der Waals surface area (Å²) in [4.78, 5) is 53.2. The van der Waals surface area contributed by atoms with Crippen LogP contribution in [-0.4, -0.2) is 55.4 Å². The summed E-state index contributed by atoms with van der Waals surface area (Å²) in [6.45, 7) is 2.25. The number of aliphatic hydroxyl groups is 1. The van der Waals surface area contributed by atoms with Crippen molar-refractivity contribution < 1.29 is 33.0 Å². The van der Waals surface area contributed by atoms with Crippen molar-refractivity contribution in [3.63, 3.8) is 0 Å². The Morgan fingerprint density at radius 2 is 1.70 bits per heavy atom. The molecular weight excluding hydrogens is 551 g/mol. The number of fused-ring (bicyclic) bond motifs is 1. The summed E-state index contributed by atoms with van der Waals surface area (Å²) in [5.74, 6) is -1.41. The molecule has 3 aromatic rings. The van der Waals surface area contributed by atoms with Crippen LogP contribution in [0.1, 0.15) is 53.4 Å². The Kier molecular flexibility index (Phi) is 8.27. The summed E-state index contributed by atoms with van der Waals surface area (Å²) < 4.78 is 41.2. The van der Waals surface area contributed by atoms with E-state index >= 15 is 0 Å². The first-order chi connectivity index (χ1) is 18.7. The van der Waals surface area contributed by atoms with E-state index in [1.807, 2.05) is 0 Å². The zero-order valence-electron chi connectivity index (χ0n) is 22.0. The largest absolute Gasteiger partial charge is 0.481 e. The molecule has 1 saturated heterocycles. The van der Waals surface area contributed by atoms with Crippen LogP contribution in [0.2, 0.25) is 0 Å². The molecule has 1 aliphatic heterocycles. The molecule has 0 saturated carbocycles. The van der Waals surface area contributed by atoms with E-state index in [0.717, 1.165) is 20.5 Å². The summed E-state index contributed by atoms with van der Waals surface area (Å²) in [6, 6.07) is 8.28. The average molecular weight is 582 g/mol. The maximum atomic E-state index is 13.6. The Balaban J connectivity index is 1.78. The van der Waals surface area contributed by atoms with Gasteiger partial charge in [-0.15, -0.1) is 11.3 Å². The third-order valence-electron chi connectivity index (χ3n) is 7.33. The van der Waals surface area contributed by atoms with Gasteiger partial charge in [0, 0.05) is 26.1 Å². The minimum atomic E-state index is -4.58. The molecule has 2 aromatic heterocycles. The fourth-order valence-electron chi connectivity index (χ4n) is 5.10. The Labute approximate surface area is 231 Å². The number of alkyl halides is 3. The van der Waals surface area contributed by atoms with Gasteiger partial charge in [0.25, 0.3) is 11.5 Å². The third kappa shape index (κ3) is 6.15. The number of thiophene rings is 1. The van der Waals surface area contributed by atoms with Gasteiger partial charge in [-0.3, -0.25) is 23.5 Å². The number of halogens is 3. The van der Waals surface area contributed by atoms with E-state index < -0.39 is 54.4 Å². The molecule has 1 amide bonds. The van der Waals surface area contributed by atoms with Crippen molar-refractivity contribution in [2.45, 2.75) is 64.4 Å². The standard InChI is InChI=1S/C27H30F3N3O6S/c1-16-20-22(36)33(15-26(2,39)18-6-4-3-5-7-18)25(38)32(13-10-27(28,29)30)24(20)40-21(16)23(37)31-11-8-17(9-12-31)14-19(34)35/h3-7,17,39H,8-15H2,1-2H3,(H,34,35). The van der Waals surface area contributed by atoms with Crippen LogP contribution in [0.5, 0.6) is 0 Å². The van der Waals surface area contributed by atoms with Crippen LogP contribution < -0.4 is 11.2 Å². The van der Waals surface area contributed by atoms with Crippen molar-refractivity contribution in [2.75, 3.05) is 13.1 Å². The quantitative estimate of drug-likeness (QED) is 0.418. The number of nitrogens with zero attached hydrogens (tertiary/aromatic N) is 3. The van der Waals surface area contributed by atoms with Gasteiger partial charge in [0.05, 0.1) is 23.2 Å². The smallest absolute Gasteiger partial charge is 0.390 e. The molecule has 3 heterocycles. The normalized spacial score (nSPS) is 16.3. The molecule has 0 aliphatic carbocycles. The summed E-state index contributed by atoms with van der Waals surface area (Å²) in [6.07, 6.45) is -4.93. The Bertz CT molecular complexity index is 1530. The van der Waals surface area contributed by atoms with Gasteiger partial charge in [0.15, 0.2) is 0 Å². The van der Waals surface area contributed by atoms with E-state index in [1.54, 1.807) is 30.3 Å². The molecule has 1 unspecified atom stereocenters. The molecule has 0 radical (unpaired) electrons. The van der Waals surface area contributed by atoms with E-state index in [1.165, 1.54) is 18.7 Å². The van der Waals surface area contributed by atoms with Gasteiger partial charge < -0.3 is 15.1 Å². The molecule has 13 heteroatoms. The molecule has 4 rings (SSSR count). The maximum Gasteiger partial charge on any atom is 0.390 e. The number of carboxylic acids is 1. The van der Waals surface area contributed by atoms with Gasteiger partial charge in [0.2, 0.25) is 0 Å². The Hall–Kier alpha value is -3.45. The number of aromatic nitrogens is 2. The minimum absolute atomic E-state index is 0.00171. The maximum absolute atomic E-state index is 13.6. The molecule has 1 aromatic carbocycles. The van der Waals surface area contributed by atoms with Gasteiger partial charge in [-0.05, 0) is 43.7 Å². The van der Waals surface area contributed by atoms with Crippen molar-refractivity contribution in [3.05, 3.63) is 67.2 Å². The summed E-state index contributed by atoms with van der Waals surface area (Å²) in [5, 5.41) is 20.1. The lowest BCUT2D eigenvalue weighted by Gasteiger charge is -2.31. The highest BCUT2D eigenvalue weighted by Crippen LogP contribution is 2.32. The molecule has 1 atom stereocenters. The molecule has 216 valence electrons. The highest BCUT2D eigenvalue weighted by atomic mass is 32.1. The van der Waals surface area contributed by atoms with Crippen LogP contribution >= 0.6 is 11.3 Å². The fraction of sp³-hybridized carbons (Fsp3) is 0.481. The van der Waals surface area contributed by atoms with E-state index in [9.17, 15) is 37.5 Å². The van der Waals surface area contributed by atoms with Gasteiger partial charge in [-0.25, -0.2) is 4.79 Å². The second-order valence-corrected chi connectivity index (χ2v) is 11.4. The number of rotatable bonds is 8. The Morgan fingerprint density at radius 3 is 2.27 bits per heavy atom. The molecule has 1 aliphatic rings. The lowest BCUT2D eigenvalue weighted by Crippen LogP contribution is -2.45. The van der Waals surface area contributed by atoms with Crippen LogP contribution in [0.25, 0.3) is 10.2 Å².